The van der Waals surface area contributed by atoms with Gasteiger partial charge in [0.1, 0.15) is 5.75 Å². The zero-order chi connectivity index (χ0) is 13.9. The van der Waals surface area contributed by atoms with Crippen molar-refractivity contribution in [2.24, 2.45) is 0 Å². The van der Waals surface area contributed by atoms with E-state index in [1.54, 1.807) is 7.11 Å². The Balaban J connectivity index is 1.85. The van der Waals surface area contributed by atoms with E-state index in [1.165, 1.54) is 0 Å². The molecule has 5 nitrogen and oxygen atoms in total. The molecule has 106 valence electrons. The zero-order valence-corrected chi connectivity index (χ0v) is 11.5. The number of aromatic amines is 1. The quantitative estimate of drug-likeness (QED) is 0.924. The molecule has 1 fully saturated rings. The van der Waals surface area contributed by atoms with Gasteiger partial charge in [-0.25, -0.2) is 0 Å². The number of morpholine rings is 1. The van der Waals surface area contributed by atoms with Gasteiger partial charge in [0, 0.05) is 30.2 Å². The lowest BCUT2D eigenvalue weighted by Crippen LogP contribution is -2.41. The van der Waals surface area contributed by atoms with Gasteiger partial charge in [-0.1, -0.05) is 6.07 Å². The number of nitrogens with one attached hydrogen (secondary N) is 1. The Morgan fingerprint density at radius 2 is 2.20 bits per heavy atom. The van der Waals surface area contributed by atoms with Gasteiger partial charge < -0.3 is 19.4 Å². The number of hydrogen-bond acceptors (Lipinski definition) is 3. The summed E-state index contributed by atoms with van der Waals surface area (Å²) in [6, 6.07) is 5.84. The van der Waals surface area contributed by atoms with Crippen molar-refractivity contribution in [2.45, 2.75) is 6.42 Å². The molecule has 20 heavy (non-hydrogen) atoms. The number of fused-ring (bicyclic) bond motifs is 1. The molecule has 2 heterocycles. The number of carbonyl (C=O) groups is 1. The number of amides is 1. The van der Waals surface area contributed by atoms with Crippen molar-refractivity contribution >= 4 is 16.8 Å². The second-order valence-corrected chi connectivity index (χ2v) is 4.87. The molecule has 1 amide bonds. The van der Waals surface area contributed by atoms with Crippen LogP contribution in [0.4, 0.5) is 0 Å². The first-order valence-electron chi connectivity index (χ1n) is 6.78. The van der Waals surface area contributed by atoms with Crippen molar-refractivity contribution in [3.63, 3.8) is 0 Å². The number of H-pyrrole nitrogens is 1. The van der Waals surface area contributed by atoms with Crippen LogP contribution in [0, 0.1) is 0 Å². The molecule has 1 aliphatic rings. The first kappa shape index (κ1) is 13.0. The van der Waals surface area contributed by atoms with Crippen LogP contribution in [0.1, 0.15) is 5.56 Å². The lowest BCUT2D eigenvalue weighted by molar-refractivity contribution is -0.134. The highest BCUT2D eigenvalue weighted by Gasteiger charge is 2.19. The summed E-state index contributed by atoms with van der Waals surface area (Å²) in [7, 11) is 1.65. The van der Waals surface area contributed by atoms with Crippen LogP contribution in [0.2, 0.25) is 0 Å². The van der Waals surface area contributed by atoms with Crippen LogP contribution in [-0.4, -0.2) is 49.2 Å². The van der Waals surface area contributed by atoms with Crippen molar-refractivity contribution in [1.82, 2.24) is 9.88 Å². The maximum atomic E-state index is 12.3. The fourth-order valence-electron chi connectivity index (χ4n) is 2.62. The third-order valence-electron chi connectivity index (χ3n) is 3.67. The van der Waals surface area contributed by atoms with Crippen LogP contribution in [-0.2, 0) is 16.0 Å². The van der Waals surface area contributed by atoms with E-state index >= 15 is 0 Å². The molecule has 0 aliphatic carbocycles. The van der Waals surface area contributed by atoms with Crippen LogP contribution in [0.25, 0.3) is 10.9 Å². The van der Waals surface area contributed by atoms with Crippen molar-refractivity contribution in [3.8, 4) is 5.75 Å². The molecule has 0 unspecified atom stereocenters. The second kappa shape index (κ2) is 5.54. The standard InChI is InChI=1S/C15H18N2O3/c1-19-13-4-2-3-12-15(13)11(10-16-12)9-14(18)17-5-7-20-8-6-17/h2-4,10,16H,5-9H2,1H3. The second-order valence-electron chi connectivity index (χ2n) is 4.87. The number of methoxy groups -OCH3 is 1. The molecule has 1 saturated heterocycles. The van der Waals surface area contributed by atoms with Gasteiger partial charge in [-0.2, -0.15) is 0 Å². The summed E-state index contributed by atoms with van der Waals surface area (Å²) in [6.07, 6.45) is 2.28. The maximum absolute atomic E-state index is 12.3. The summed E-state index contributed by atoms with van der Waals surface area (Å²) in [5, 5.41) is 0.997. The fourth-order valence-corrected chi connectivity index (χ4v) is 2.62. The number of hydrogen-bond donors (Lipinski definition) is 1. The molecule has 5 heteroatoms. The molecule has 0 saturated carbocycles. The minimum absolute atomic E-state index is 0.139. The monoisotopic (exact) mass is 274 g/mol. The van der Waals surface area contributed by atoms with Gasteiger partial charge in [-0.05, 0) is 17.7 Å². The van der Waals surface area contributed by atoms with Crippen molar-refractivity contribution in [2.75, 3.05) is 33.4 Å². The van der Waals surface area contributed by atoms with Crippen LogP contribution < -0.4 is 4.74 Å². The zero-order valence-electron chi connectivity index (χ0n) is 11.5. The van der Waals surface area contributed by atoms with Gasteiger partial charge in [-0.3, -0.25) is 4.79 Å². The minimum Gasteiger partial charge on any atom is -0.496 e. The number of nitrogens with zero attached hydrogens (tertiary/aromatic N) is 1. The molecule has 1 N–H and O–H groups in total. The van der Waals surface area contributed by atoms with E-state index in [9.17, 15) is 4.79 Å². The summed E-state index contributed by atoms with van der Waals surface area (Å²) in [5.41, 5.74) is 1.98. The van der Waals surface area contributed by atoms with E-state index in [0.717, 1.165) is 22.2 Å². The average molecular weight is 274 g/mol. The summed E-state index contributed by atoms with van der Waals surface area (Å²) < 4.78 is 10.7. The van der Waals surface area contributed by atoms with Crippen molar-refractivity contribution in [1.29, 1.82) is 0 Å². The molecule has 0 atom stereocenters. The SMILES string of the molecule is COc1cccc2[nH]cc(CC(=O)N3CCOCC3)c12. The van der Waals surface area contributed by atoms with Crippen molar-refractivity contribution in [3.05, 3.63) is 30.0 Å². The van der Waals surface area contributed by atoms with Crippen LogP contribution in [0.5, 0.6) is 5.75 Å². The predicted molar refractivity (Wildman–Crippen MR) is 76.0 cm³/mol. The Hall–Kier alpha value is -2.01. The number of ether oxygens (including phenoxy) is 2. The van der Waals surface area contributed by atoms with Crippen LogP contribution in [0.3, 0.4) is 0 Å². The summed E-state index contributed by atoms with van der Waals surface area (Å²) in [6.45, 7) is 2.61. The number of benzene rings is 1. The molecule has 1 aliphatic heterocycles. The van der Waals surface area contributed by atoms with Crippen LogP contribution >= 0.6 is 0 Å². The number of carbonyl (C=O) groups excluding carboxylic acids is 1. The lowest BCUT2D eigenvalue weighted by atomic mass is 10.1. The highest BCUT2D eigenvalue weighted by molar-refractivity contribution is 5.93. The molecular formula is C15H18N2O3. The fraction of sp³-hybridized carbons (Fsp3) is 0.400. The predicted octanol–water partition coefficient (Wildman–Crippen LogP) is 1.58. The van der Waals surface area contributed by atoms with E-state index in [4.69, 9.17) is 9.47 Å². The van der Waals surface area contributed by atoms with E-state index in [2.05, 4.69) is 4.98 Å². The van der Waals surface area contributed by atoms with Crippen molar-refractivity contribution < 1.29 is 14.3 Å². The molecule has 1 aromatic carbocycles. The normalized spacial score (nSPS) is 15.6. The third-order valence-corrected chi connectivity index (χ3v) is 3.67. The Bertz CT molecular complexity index is 615. The van der Waals surface area contributed by atoms with E-state index in [1.807, 2.05) is 29.3 Å². The first-order valence-corrected chi connectivity index (χ1v) is 6.78. The summed E-state index contributed by atoms with van der Waals surface area (Å²) in [5.74, 6) is 0.939. The Kier molecular flexibility index (Phi) is 3.60. The van der Waals surface area contributed by atoms with Gasteiger partial charge >= 0.3 is 0 Å². The van der Waals surface area contributed by atoms with Crippen LogP contribution in [0.15, 0.2) is 24.4 Å². The highest BCUT2D eigenvalue weighted by Crippen LogP contribution is 2.29. The molecular weight excluding hydrogens is 256 g/mol. The lowest BCUT2D eigenvalue weighted by Gasteiger charge is -2.26. The summed E-state index contributed by atoms with van der Waals surface area (Å²) in [4.78, 5) is 17.4. The van der Waals surface area contributed by atoms with Gasteiger partial charge in [0.05, 0.1) is 26.7 Å². The molecule has 2 aromatic rings. The first-order chi connectivity index (χ1) is 9.79. The molecule has 0 spiro atoms. The van der Waals surface area contributed by atoms with E-state index < -0.39 is 0 Å². The summed E-state index contributed by atoms with van der Waals surface area (Å²) >= 11 is 0. The molecule has 0 bridgehead atoms. The Morgan fingerprint density at radius 1 is 1.40 bits per heavy atom. The number of aromatic nitrogens is 1. The molecule has 0 radical (unpaired) electrons. The maximum Gasteiger partial charge on any atom is 0.227 e. The Morgan fingerprint density at radius 3 is 2.95 bits per heavy atom. The largest absolute Gasteiger partial charge is 0.496 e. The van der Waals surface area contributed by atoms with Gasteiger partial charge in [0.25, 0.3) is 0 Å². The van der Waals surface area contributed by atoms with Gasteiger partial charge in [0.15, 0.2) is 0 Å². The van der Waals surface area contributed by atoms with Gasteiger partial charge in [0.2, 0.25) is 5.91 Å². The van der Waals surface area contributed by atoms with E-state index in [0.29, 0.717) is 32.7 Å². The Labute approximate surface area is 117 Å². The number of rotatable bonds is 3. The average Bonchev–Trinajstić information content (AvgIpc) is 2.91. The van der Waals surface area contributed by atoms with Gasteiger partial charge in [-0.15, -0.1) is 0 Å². The minimum atomic E-state index is 0.139. The smallest absolute Gasteiger partial charge is 0.227 e. The third kappa shape index (κ3) is 2.36. The molecule has 3 rings (SSSR count). The molecule has 1 aromatic heterocycles. The highest BCUT2D eigenvalue weighted by atomic mass is 16.5. The topological polar surface area (TPSA) is 54.6 Å². The van der Waals surface area contributed by atoms with E-state index in [-0.39, 0.29) is 5.91 Å².